The average Bonchev–Trinajstić information content (AvgIpc) is 2.28. The molecule has 15 heavy (non-hydrogen) atoms. The summed E-state index contributed by atoms with van der Waals surface area (Å²) in [5.41, 5.74) is 0.137. The van der Waals surface area contributed by atoms with Crippen molar-refractivity contribution in [1.29, 1.82) is 0 Å². The molecule has 1 rings (SSSR count). The van der Waals surface area contributed by atoms with E-state index in [4.69, 9.17) is 0 Å². The largest absolute Gasteiger partial charge is 0.269 e. The smallest absolute Gasteiger partial charge is 0.258 e. The van der Waals surface area contributed by atoms with Crippen LogP contribution in [0.25, 0.3) is 0 Å². The van der Waals surface area contributed by atoms with Crippen molar-refractivity contribution in [2.75, 3.05) is 0 Å². The number of benzene rings is 1. The molecule has 0 saturated heterocycles. The van der Waals surface area contributed by atoms with Gasteiger partial charge in [0.2, 0.25) is 0 Å². The molecule has 0 atom stereocenters. The predicted octanol–water partition coefficient (Wildman–Crippen LogP) is 4.18. The summed E-state index contributed by atoms with van der Waals surface area (Å²) in [5, 5.41) is 10.0. The third-order valence-electron chi connectivity index (χ3n) is 1.92. The van der Waals surface area contributed by atoms with Gasteiger partial charge in [-0.25, -0.2) is 0 Å². The molecule has 0 saturated carbocycles. The first-order valence-electron chi connectivity index (χ1n) is 5.41. The highest BCUT2D eigenvalue weighted by Crippen LogP contribution is 2.06. The fraction of sp³-hybridized carbons (Fsp3) is 0.500. The zero-order valence-corrected chi connectivity index (χ0v) is 9.48. The topological polar surface area (TPSA) is 43.1 Å². The molecule has 0 aliphatic heterocycles. The minimum atomic E-state index is -0.417. The Balaban J connectivity index is 0.000000288. The summed E-state index contributed by atoms with van der Waals surface area (Å²) in [7, 11) is 0. The number of hydrogen-bond donors (Lipinski definition) is 0. The summed E-state index contributed by atoms with van der Waals surface area (Å²) < 4.78 is 0. The van der Waals surface area contributed by atoms with E-state index in [0.717, 1.165) is 0 Å². The number of nitro benzene ring substituents is 1. The molecule has 3 nitrogen and oxygen atoms in total. The standard InChI is InChI=1S/C6H5NO2.C6H14/c8-7(9)6-4-2-1-3-5-6;1-3-5-6-4-2/h1-5H;3-6H2,1-2H3. The molecule has 0 bridgehead atoms. The molecule has 0 unspecified atom stereocenters. The van der Waals surface area contributed by atoms with Crippen molar-refractivity contribution < 1.29 is 4.92 Å². The van der Waals surface area contributed by atoms with Crippen LogP contribution in [0.3, 0.4) is 0 Å². The summed E-state index contributed by atoms with van der Waals surface area (Å²) in [6.07, 6.45) is 5.54. The molecule has 3 heteroatoms. The quantitative estimate of drug-likeness (QED) is 0.424. The average molecular weight is 209 g/mol. The van der Waals surface area contributed by atoms with Gasteiger partial charge in [-0.15, -0.1) is 0 Å². The van der Waals surface area contributed by atoms with Gasteiger partial charge in [-0.3, -0.25) is 10.1 Å². The molecule has 0 aliphatic rings. The lowest BCUT2D eigenvalue weighted by atomic mass is 10.2. The van der Waals surface area contributed by atoms with Crippen molar-refractivity contribution >= 4 is 5.69 Å². The highest BCUT2D eigenvalue weighted by Gasteiger charge is 1.98. The van der Waals surface area contributed by atoms with Crippen LogP contribution in [-0.2, 0) is 0 Å². The van der Waals surface area contributed by atoms with Gasteiger partial charge in [0, 0.05) is 12.1 Å². The molecular formula is C12H19NO2. The van der Waals surface area contributed by atoms with Crippen LogP contribution >= 0.6 is 0 Å². The Hall–Kier alpha value is -1.38. The second-order valence-electron chi connectivity index (χ2n) is 3.30. The minimum absolute atomic E-state index is 0.137. The van der Waals surface area contributed by atoms with Gasteiger partial charge in [0.1, 0.15) is 0 Å². The number of rotatable bonds is 4. The first kappa shape index (κ1) is 13.6. The number of para-hydroxylation sites is 1. The van der Waals surface area contributed by atoms with Gasteiger partial charge in [0.25, 0.3) is 5.69 Å². The van der Waals surface area contributed by atoms with Crippen LogP contribution in [0, 0.1) is 10.1 Å². The van der Waals surface area contributed by atoms with Crippen LogP contribution < -0.4 is 0 Å². The fourth-order valence-corrected chi connectivity index (χ4v) is 1.05. The molecule has 84 valence electrons. The first-order valence-corrected chi connectivity index (χ1v) is 5.41. The Morgan fingerprint density at radius 2 is 1.53 bits per heavy atom. The van der Waals surface area contributed by atoms with E-state index in [1.54, 1.807) is 18.2 Å². The predicted molar refractivity (Wildman–Crippen MR) is 62.9 cm³/mol. The van der Waals surface area contributed by atoms with E-state index in [-0.39, 0.29) is 5.69 Å². The number of nitrogens with zero attached hydrogens (tertiary/aromatic N) is 1. The highest BCUT2D eigenvalue weighted by atomic mass is 16.6. The van der Waals surface area contributed by atoms with Crippen LogP contribution in [0.1, 0.15) is 39.5 Å². The van der Waals surface area contributed by atoms with Crippen molar-refractivity contribution in [3.05, 3.63) is 40.4 Å². The zero-order chi connectivity index (χ0) is 11.5. The Bertz CT molecular complexity index is 256. The van der Waals surface area contributed by atoms with E-state index in [1.165, 1.54) is 37.8 Å². The van der Waals surface area contributed by atoms with E-state index in [0.29, 0.717) is 0 Å². The first-order chi connectivity index (χ1) is 7.22. The molecule has 0 aromatic heterocycles. The van der Waals surface area contributed by atoms with Gasteiger partial charge in [-0.05, 0) is 0 Å². The minimum Gasteiger partial charge on any atom is -0.258 e. The van der Waals surface area contributed by atoms with Crippen molar-refractivity contribution in [1.82, 2.24) is 0 Å². The molecule has 0 spiro atoms. The summed E-state index contributed by atoms with van der Waals surface area (Å²) in [6.45, 7) is 4.46. The maximum atomic E-state index is 10.0. The van der Waals surface area contributed by atoms with Gasteiger partial charge in [0.15, 0.2) is 0 Å². The number of non-ortho nitro benzene ring substituents is 1. The van der Waals surface area contributed by atoms with Gasteiger partial charge >= 0.3 is 0 Å². The molecule has 0 heterocycles. The lowest BCUT2D eigenvalue weighted by molar-refractivity contribution is -0.384. The van der Waals surface area contributed by atoms with Crippen molar-refractivity contribution in [3.8, 4) is 0 Å². The second-order valence-corrected chi connectivity index (χ2v) is 3.30. The van der Waals surface area contributed by atoms with Crippen molar-refractivity contribution in [2.24, 2.45) is 0 Å². The second kappa shape index (κ2) is 9.19. The molecule has 0 radical (unpaired) electrons. The van der Waals surface area contributed by atoms with E-state index in [1.807, 2.05) is 0 Å². The molecule has 0 N–H and O–H groups in total. The third kappa shape index (κ3) is 7.67. The fourth-order valence-electron chi connectivity index (χ4n) is 1.05. The van der Waals surface area contributed by atoms with E-state index >= 15 is 0 Å². The Morgan fingerprint density at radius 3 is 1.80 bits per heavy atom. The third-order valence-corrected chi connectivity index (χ3v) is 1.92. The summed E-state index contributed by atoms with van der Waals surface area (Å²) in [4.78, 5) is 9.59. The summed E-state index contributed by atoms with van der Waals surface area (Å²) in [6, 6.07) is 7.93. The number of hydrogen-bond acceptors (Lipinski definition) is 2. The lowest BCUT2D eigenvalue weighted by Gasteiger charge is -1.86. The Kier molecular flexibility index (Phi) is 8.34. The van der Waals surface area contributed by atoms with E-state index < -0.39 is 4.92 Å². The van der Waals surface area contributed by atoms with Crippen molar-refractivity contribution in [2.45, 2.75) is 39.5 Å². The van der Waals surface area contributed by atoms with Crippen molar-refractivity contribution in [3.63, 3.8) is 0 Å². The van der Waals surface area contributed by atoms with Crippen LogP contribution in [0.2, 0.25) is 0 Å². The lowest BCUT2D eigenvalue weighted by Crippen LogP contribution is -1.84. The molecule has 0 amide bonds. The maximum absolute atomic E-state index is 10.0. The zero-order valence-electron chi connectivity index (χ0n) is 9.48. The van der Waals surface area contributed by atoms with Crippen LogP contribution in [-0.4, -0.2) is 4.92 Å². The van der Waals surface area contributed by atoms with Crippen LogP contribution in [0.4, 0.5) is 5.69 Å². The SMILES string of the molecule is CCCCCC.O=[N+]([O-])c1ccccc1. The van der Waals surface area contributed by atoms with Gasteiger partial charge < -0.3 is 0 Å². The monoisotopic (exact) mass is 209 g/mol. The van der Waals surface area contributed by atoms with E-state index in [9.17, 15) is 10.1 Å². The van der Waals surface area contributed by atoms with E-state index in [2.05, 4.69) is 13.8 Å². The van der Waals surface area contributed by atoms with Crippen LogP contribution in [0.5, 0.6) is 0 Å². The Labute approximate surface area is 91.3 Å². The molecular weight excluding hydrogens is 190 g/mol. The molecule has 0 aliphatic carbocycles. The summed E-state index contributed by atoms with van der Waals surface area (Å²) >= 11 is 0. The van der Waals surface area contributed by atoms with Gasteiger partial charge in [0.05, 0.1) is 4.92 Å². The number of nitro groups is 1. The highest BCUT2D eigenvalue weighted by molar-refractivity contribution is 5.27. The number of unbranched alkanes of at least 4 members (excludes halogenated alkanes) is 3. The maximum Gasteiger partial charge on any atom is 0.269 e. The molecule has 0 fully saturated rings. The molecule has 1 aromatic rings. The van der Waals surface area contributed by atoms with Gasteiger partial charge in [-0.2, -0.15) is 0 Å². The molecule has 1 aromatic carbocycles. The summed E-state index contributed by atoms with van der Waals surface area (Å²) in [5.74, 6) is 0. The van der Waals surface area contributed by atoms with Crippen LogP contribution in [0.15, 0.2) is 30.3 Å². The Morgan fingerprint density at radius 1 is 1.07 bits per heavy atom. The van der Waals surface area contributed by atoms with Gasteiger partial charge in [-0.1, -0.05) is 57.7 Å². The normalized spacial score (nSPS) is 8.93.